The van der Waals surface area contributed by atoms with Crippen LogP contribution in [0.15, 0.2) is 30.5 Å². The molecule has 3 aromatic rings. The van der Waals surface area contributed by atoms with Crippen molar-refractivity contribution in [2.24, 2.45) is 0 Å². The van der Waals surface area contributed by atoms with Crippen molar-refractivity contribution < 1.29 is 9.72 Å². The van der Waals surface area contributed by atoms with Gasteiger partial charge in [0.2, 0.25) is 0 Å². The van der Waals surface area contributed by atoms with Gasteiger partial charge in [0.25, 0.3) is 5.69 Å². The predicted octanol–water partition coefficient (Wildman–Crippen LogP) is 4.68. The molecule has 2 aromatic heterocycles. The second kappa shape index (κ2) is 5.14. The molecule has 0 fully saturated rings. The summed E-state index contributed by atoms with van der Waals surface area (Å²) in [6.07, 6.45) is 1.51. The third-order valence-corrected chi connectivity index (χ3v) is 4.51. The minimum atomic E-state index is -0.489. The zero-order valence-electron chi connectivity index (χ0n) is 10.2. The highest BCUT2D eigenvalue weighted by molar-refractivity contribution is 7.20. The number of nitro groups is 1. The number of carbonyl (C=O) groups is 1. The van der Waals surface area contributed by atoms with E-state index in [1.54, 1.807) is 6.07 Å². The summed E-state index contributed by atoms with van der Waals surface area (Å²) in [6, 6.07) is 5.80. The fourth-order valence-electron chi connectivity index (χ4n) is 2.06. The molecule has 3 rings (SSSR count). The van der Waals surface area contributed by atoms with E-state index in [1.165, 1.54) is 24.4 Å². The molecule has 0 spiro atoms. The average molecular weight is 341 g/mol. The zero-order chi connectivity index (χ0) is 15.1. The van der Waals surface area contributed by atoms with Gasteiger partial charge in [-0.05, 0) is 12.1 Å². The summed E-state index contributed by atoms with van der Waals surface area (Å²) >= 11 is 12.9. The van der Waals surface area contributed by atoms with Gasteiger partial charge in [0, 0.05) is 29.3 Å². The van der Waals surface area contributed by atoms with Gasteiger partial charge in [0.05, 0.1) is 20.3 Å². The largest absolute Gasteiger partial charge is 0.360 e. The van der Waals surface area contributed by atoms with Crippen LogP contribution in [-0.2, 0) is 0 Å². The molecule has 8 heteroatoms. The van der Waals surface area contributed by atoms with E-state index in [1.807, 2.05) is 0 Å². The predicted molar refractivity (Wildman–Crippen MR) is 82.7 cm³/mol. The Morgan fingerprint density at radius 3 is 2.62 bits per heavy atom. The smallest absolute Gasteiger partial charge is 0.271 e. The van der Waals surface area contributed by atoms with Crippen molar-refractivity contribution in [2.75, 3.05) is 0 Å². The first kappa shape index (κ1) is 14.1. The number of carbonyl (C=O) groups excluding carboxylic acids is 1. The van der Waals surface area contributed by atoms with Crippen molar-refractivity contribution in [2.45, 2.75) is 0 Å². The maximum Gasteiger partial charge on any atom is 0.271 e. The van der Waals surface area contributed by atoms with Crippen LogP contribution in [0.1, 0.15) is 15.9 Å². The van der Waals surface area contributed by atoms with Gasteiger partial charge in [-0.3, -0.25) is 14.9 Å². The minimum absolute atomic E-state index is 0.0417. The molecule has 106 valence electrons. The molecular formula is C13H6Cl2N2O3S. The summed E-state index contributed by atoms with van der Waals surface area (Å²) in [5.41, 5.74) is 1.20. The van der Waals surface area contributed by atoms with E-state index >= 15 is 0 Å². The number of rotatable bonds is 3. The lowest BCUT2D eigenvalue weighted by Gasteiger charge is -1.98. The van der Waals surface area contributed by atoms with Gasteiger partial charge in [-0.25, -0.2) is 0 Å². The van der Waals surface area contributed by atoms with Crippen molar-refractivity contribution in [3.05, 3.63) is 60.4 Å². The normalized spacial score (nSPS) is 11.0. The van der Waals surface area contributed by atoms with E-state index in [2.05, 4.69) is 4.98 Å². The van der Waals surface area contributed by atoms with E-state index in [0.717, 1.165) is 11.3 Å². The SMILES string of the molecule is O=C(c1cc(Cl)sc1Cl)c1c[nH]c2cc([N+](=O)[O-])ccc12. The molecule has 1 aromatic carbocycles. The molecule has 0 atom stereocenters. The summed E-state index contributed by atoms with van der Waals surface area (Å²) in [5, 5.41) is 11.3. The van der Waals surface area contributed by atoms with E-state index in [0.29, 0.717) is 30.7 Å². The summed E-state index contributed by atoms with van der Waals surface area (Å²) in [6.45, 7) is 0. The number of ketones is 1. The molecule has 0 aliphatic heterocycles. The van der Waals surface area contributed by atoms with E-state index in [9.17, 15) is 14.9 Å². The van der Waals surface area contributed by atoms with Gasteiger partial charge in [-0.2, -0.15) is 0 Å². The van der Waals surface area contributed by atoms with E-state index in [4.69, 9.17) is 23.2 Å². The average Bonchev–Trinajstić information content (AvgIpc) is 3.00. The number of H-pyrrole nitrogens is 1. The number of nitrogens with zero attached hydrogens (tertiary/aromatic N) is 1. The molecule has 0 saturated carbocycles. The first-order valence-electron chi connectivity index (χ1n) is 5.72. The lowest BCUT2D eigenvalue weighted by atomic mass is 10.1. The number of nitrogens with one attached hydrogen (secondary N) is 1. The van der Waals surface area contributed by atoms with Crippen molar-refractivity contribution in [1.29, 1.82) is 0 Å². The van der Waals surface area contributed by atoms with Crippen LogP contribution in [0.25, 0.3) is 10.9 Å². The van der Waals surface area contributed by atoms with Crippen LogP contribution >= 0.6 is 34.5 Å². The highest BCUT2D eigenvalue weighted by Crippen LogP contribution is 2.34. The molecular weight excluding hydrogens is 335 g/mol. The van der Waals surface area contributed by atoms with E-state index < -0.39 is 4.92 Å². The quantitative estimate of drug-likeness (QED) is 0.427. The standard InChI is InChI=1S/C13H6Cl2N2O3S/c14-11-4-8(13(15)21-11)12(18)9-5-16-10-3-6(17(19)20)1-2-7(9)10/h1-5,16H. The molecule has 0 unspecified atom stereocenters. The topological polar surface area (TPSA) is 76.0 Å². The summed E-state index contributed by atoms with van der Waals surface area (Å²) in [5.74, 6) is -0.275. The second-order valence-electron chi connectivity index (χ2n) is 4.26. The van der Waals surface area contributed by atoms with Crippen molar-refractivity contribution in [1.82, 2.24) is 4.98 Å². The first-order chi connectivity index (χ1) is 9.97. The Bertz CT molecular complexity index is 885. The van der Waals surface area contributed by atoms with Crippen LogP contribution in [0.3, 0.4) is 0 Å². The number of nitro benzene ring substituents is 1. The molecule has 0 saturated heterocycles. The Hall–Kier alpha value is -1.89. The maximum absolute atomic E-state index is 12.5. The van der Waals surface area contributed by atoms with Crippen molar-refractivity contribution in [3.63, 3.8) is 0 Å². The van der Waals surface area contributed by atoms with Crippen LogP contribution in [0.4, 0.5) is 5.69 Å². The number of thiophene rings is 1. The molecule has 21 heavy (non-hydrogen) atoms. The monoisotopic (exact) mass is 340 g/mol. The van der Waals surface area contributed by atoms with Crippen LogP contribution in [0.5, 0.6) is 0 Å². The highest BCUT2D eigenvalue weighted by Gasteiger charge is 2.20. The summed E-state index contributed by atoms with van der Waals surface area (Å²) < 4.78 is 0.750. The van der Waals surface area contributed by atoms with Crippen molar-refractivity contribution in [3.8, 4) is 0 Å². The van der Waals surface area contributed by atoms with Gasteiger partial charge >= 0.3 is 0 Å². The van der Waals surface area contributed by atoms with Gasteiger partial charge in [-0.1, -0.05) is 23.2 Å². The Morgan fingerprint density at radius 2 is 2.00 bits per heavy atom. The van der Waals surface area contributed by atoms with Crippen LogP contribution in [0, 0.1) is 10.1 Å². The molecule has 0 aliphatic rings. The number of non-ortho nitro benzene ring substituents is 1. The first-order valence-corrected chi connectivity index (χ1v) is 7.29. The van der Waals surface area contributed by atoms with Gasteiger partial charge < -0.3 is 4.98 Å². The minimum Gasteiger partial charge on any atom is -0.360 e. The van der Waals surface area contributed by atoms with Crippen molar-refractivity contribution >= 4 is 56.9 Å². The Kier molecular flexibility index (Phi) is 3.44. The number of aromatic nitrogens is 1. The Morgan fingerprint density at radius 1 is 1.24 bits per heavy atom. The highest BCUT2D eigenvalue weighted by atomic mass is 35.5. The fourth-order valence-corrected chi connectivity index (χ4v) is 3.51. The summed E-state index contributed by atoms with van der Waals surface area (Å²) in [4.78, 5) is 25.6. The van der Waals surface area contributed by atoms with Crippen LogP contribution < -0.4 is 0 Å². The molecule has 0 amide bonds. The van der Waals surface area contributed by atoms with Crippen LogP contribution in [0.2, 0.25) is 8.67 Å². The van der Waals surface area contributed by atoms with E-state index in [-0.39, 0.29) is 11.5 Å². The third-order valence-electron chi connectivity index (χ3n) is 3.02. The van der Waals surface area contributed by atoms with Gasteiger partial charge in [0.1, 0.15) is 4.34 Å². The molecule has 0 aliphatic carbocycles. The fraction of sp³-hybridized carbons (Fsp3) is 0. The number of hydrogen-bond donors (Lipinski definition) is 1. The molecule has 1 N–H and O–H groups in total. The lowest BCUT2D eigenvalue weighted by molar-refractivity contribution is -0.384. The van der Waals surface area contributed by atoms with Crippen LogP contribution in [-0.4, -0.2) is 15.7 Å². The number of benzene rings is 1. The molecule has 0 bridgehead atoms. The van der Waals surface area contributed by atoms with Gasteiger partial charge in [0.15, 0.2) is 5.78 Å². The number of fused-ring (bicyclic) bond motifs is 1. The number of hydrogen-bond acceptors (Lipinski definition) is 4. The summed E-state index contributed by atoms with van der Waals surface area (Å²) in [7, 11) is 0. The zero-order valence-corrected chi connectivity index (χ0v) is 12.6. The lowest BCUT2D eigenvalue weighted by Crippen LogP contribution is -1.99. The Labute approximate surface area is 132 Å². The second-order valence-corrected chi connectivity index (χ2v) is 6.54. The maximum atomic E-state index is 12.5. The molecule has 2 heterocycles. The number of aromatic amines is 1. The number of halogens is 2. The molecule has 5 nitrogen and oxygen atoms in total. The molecule has 0 radical (unpaired) electrons. The Balaban J connectivity index is 2.11. The third kappa shape index (κ3) is 2.42. The van der Waals surface area contributed by atoms with Gasteiger partial charge in [-0.15, -0.1) is 11.3 Å².